The van der Waals surface area contributed by atoms with E-state index in [-0.39, 0.29) is 16.5 Å². The van der Waals surface area contributed by atoms with Crippen LogP contribution in [0, 0.1) is 17.1 Å². The number of imidazole rings is 1. The van der Waals surface area contributed by atoms with Crippen LogP contribution in [0.3, 0.4) is 0 Å². The Hall–Kier alpha value is -4.16. The van der Waals surface area contributed by atoms with E-state index in [1.165, 1.54) is 29.3 Å². The molecule has 0 saturated carbocycles. The molecule has 2 aromatic carbocycles. The van der Waals surface area contributed by atoms with Gasteiger partial charge in [-0.05, 0) is 30.3 Å². The fourth-order valence-electron chi connectivity index (χ4n) is 3.39. The van der Waals surface area contributed by atoms with E-state index in [0.717, 1.165) is 0 Å². The van der Waals surface area contributed by atoms with Crippen LogP contribution >= 0.6 is 11.6 Å². The predicted octanol–water partition coefficient (Wildman–Crippen LogP) is 4.84. The predicted molar refractivity (Wildman–Crippen MR) is 126 cm³/mol. The zero-order valence-corrected chi connectivity index (χ0v) is 18.8. The van der Waals surface area contributed by atoms with E-state index in [2.05, 4.69) is 26.3 Å². The number of benzene rings is 2. The SMILES string of the molecule is CN(C)C(=O)c1cc(N(C)c2cnc[nH]2)cc2c(Nc3ccc(F)c(Cl)c3)c(C#N)cnc12. The molecule has 0 radical (unpaired) electrons. The number of nitrogens with one attached hydrogen (secondary N) is 2. The molecule has 1 amide bonds. The number of carbonyl (C=O) groups excluding carboxylic acids is 1. The van der Waals surface area contributed by atoms with Crippen molar-refractivity contribution in [2.75, 3.05) is 31.4 Å². The lowest BCUT2D eigenvalue weighted by atomic mass is 10.0. The third-order valence-corrected chi connectivity index (χ3v) is 5.42. The van der Waals surface area contributed by atoms with Crippen molar-refractivity contribution in [2.24, 2.45) is 0 Å². The molecule has 2 aromatic heterocycles. The highest BCUT2D eigenvalue weighted by Crippen LogP contribution is 2.36. The average Bonchev–Trinajstić information content (AvgIpc) is 3.35. The molecule has 4 aromatic rings. The number of nitrogens with zero attached hydrogens (tertiary/aromatic N) is 5. The molecule has 2 N–H and O–H groups in total. The van der Waals surface area contributed by atoms with Crippen molar-refractivity contribution in [3.05, 3.63) is 71.0 Å². The van der Waals surface area contributed by atoms with Crippen molar-refractivity contribution < 1.29 is 9.18 Å². The zero-order chi connectivity index (χ0) is 23.7. The molecular formula is C23H19ClFN7O. The van der Waals surface area contributed by atoms with E-state index >= 15 is 0 Å². The Labute approximate surface area is 194 Å². The standard InChI is InChI=1S/C23H19ClFN7O/c1-31(2)23(33)17-8-15(32(3)20-11-27-12-29-20)7-16-21(13(9-26)10-28-22(16)17)30-14-4-5-19(25)18(24)6-14/h4-8,10-12H,1-3H3,(H,27,29)(H,28,30). The van der Waals surface area contributed by atoms with Crippen LogP contribution in [-0.4, -0.2) is 46.9 Å². The molecule has 0 aliphatic rings. The first kappa shape index (κ1) is 22.0. The fraction of sp³-hybridized carbons (Fsp3) is 0.130. The molecule has 0 fully saturated rings. The van der Waals surface area contributed by atoms with E-state index in [1.54, 1.807) is 32.7 Å². The number of carbonyl (C=O) groups is 1. The summed E-state index contributed by atoms with van der Waals surface area (Å²) in [5.41, 5.74) is 2.63. The van der Waals surface area contributed by atoms with Crippen LogP contribution in [0.2, 0.25) is 5.02 Å². The van der Waals surface area contributed by atoms with Gasteiger partial charge in [-0.25, -0.2) is 9.37 Å². The van der Waals surface area contributed by atoms with Crippen molar-refractivity contribution in [3.63, 3.8) is 0 Å². The van der Waals surface area contributed by atoms with Gasteiger partial charge in [-0.3, -0.25) is 9.78 Å². The topological polar surface area (TPSA) is 101 Å². The van der Waals surface area contributed by atoms with Gasteiger partial charge in [0.1, 0.15) is 17.7 Å². The van der Waals surface area contributed by atoms with Crippen LogP contribution in [0.1, 0.15) is 15.9 Å². The summed E-state index contributed by atoms with van der Waals surface area (Å²) >= 11 is 5.94. The highest BCUT2D eigenvalue weighted by molar-refractivity contribution is 6.31. The molecular weight excluding hydrogens is 445 g/mol. The van der Waals surface area contributed by atoms with E-state index in [9.17, 15) is 14.4 Å². The molecule has 33 heavy (non-hydrogen) atoms. The molecule has 0 spiro atoms. The number of pyridine rings is 1. The Morgan fingerprint density at radius 3 is 2.64 bits per heavy atom. The van der Waals surface area contributed by atoms with Gasteiger partial charge in [-0.1, -0.05) is 11.6 Å². The minimum atomic E-state index is -0.551. The van der Waals surface area contributed by atoms with Crippen molar-refractivity contribution in [3.8, 4) is 6.07 Å². The number of H-pyrrole nitrogens is 1. The van der Waals surface area contributed by atoms with E-state index in [4.69, 9.17) is 11.6 Å². The van der Waals surface area contributed by atoms with Gasteiger partial charge in [-0.15, -0.1) is 0 Å². The number of aromatic nitrogens is 3. The second kappa shape index (κ2) is 8.76. The summed E-state index contributed by atoms with van der Waals surface area (Å²) in [5, 5.41) is 13.4. The van der Waals surface area contributed by atoms with Crippen molar-refractivity contribution in [2.45, 2.75) is 0 Å². The summed E-state index contributed by atoms with van der Waals surface area (Å²) in [6.45, 7) is 0. The molecule has 4 rings (SSSR count). The van der Waals surface area contributed by atoms with Gasteiger partial charge >= 0.3 is 0 Å². The first-order valence-corrected chi connectivity index (χ1v) is 10.2. The van der Waals surface area contributed by atoms with E-state index in [1.807, 2.05) is 18.0 Å². The third-order valence-electron chi connectivity index (χ3n) is 5.13. The molecule has 8 nitrogen and oxygen atoms in total. The molecule has 0 aliphatic heterocycles. The summed E-state index contributed by atoms with van der Waals surface area (Å²) in [6.07, 6.45) is 4.61. The highest BCUT2D eigenvalue weighted by atomic mass is 35.5. The smallest absolute Gasteiger partial charge is 0.255 e. The minimum absolute atomic E-state index is 0.0555. The quantitative estimate of drug-likeness (QED) is 0.439. The van der Waals surface area contributed by atoms with E-state index < -0.39 is 5.82 Å². The van der Waals surface area contributed by atoms with Crippen molar-refractivity contribution in [1.29, 1.82) is 5.26 Å². The third kappa shape index (κ3) is 4.16. The second-order valence-electron chi connectivity index (χ2n) is 7.50. The van der Waals surface area contributed by atoms with Gasteiger partial charge in [0.25, 0.3) is 5.91 Å². The Morgan fingerprint density at radius 1 is 1.21 bits per heavy atom. The molecule has 0 unspecified atom stereocenters. The maximum Gasteiger partial charge on any atom is 0.255 e. The lowest BCUT2D eigenvalue weighted by molar-refractivity contribution is 0.0829. The molecule has 166 valence electrons. The first-order valence-electron chi connectivity index (χ1n) is 9.83. The van der Waals surface area contributed by atoms with Crippen LogP contribution < -0.4 is 10.2 Å². The lowest BCUT2D eigenvalue weighted by Crippen LogP contribution is -2.23. The number of aromatic amines is 1. The normalized spacial score (nSPS) is 10.7. The van der Waals surface area contributed by atoms with Gasteiger partial charge in [0.05, 0.1) is 39.9 Å². The first-order chi connectivity index (χ1) is 15.8. The number of fused-ring (bicyclic) bond motifs is 1. The summed E-state index contributed by atoms with van der Waals surface area (Å²) < 4.78 is 13.7. The summed E-state index contributed by atoms with van der Waals surface area (Å²) in [6, 6.07) is 9.86. The summed E-state index contributed by atoms with van der Waals surface area (Å²) in [5.74, 6) is -0.0840. The summed E-state index contributed by atoms with van der Waals surface area (Å²) in [4.78, 5) is 27.8. The van der Waals surface area contributed by atoms with Gasteiger partial charge in [0.15, 0.2) is 0 Å². The van der Waals surface area contributed by atoms with Crippen LogP contribution in [0.15, 0.2) is 49.1 Å². The number of nitriles is 1. The molecule has 0 aliphatic carbocycles. The lowest BCUT2D eigenvalue weighted by Gasteiger charge is -2.21. The van der Waals surface area contributed by atoms with Crippen LogP contribution in [0.25, 0.3) is 10.9 Å². The maximum atomic E-state index is 13.7. The van der Waals surface area contributed by atoms with Gasteiger partial charge in [-0.2, -0.15) is 5.26 Å². The molecule has 2 heterocycles. The number of rotatable bonds is 5. The number of anilines is 4. The largest absolute Gasteiger partial charge is 0.354 e. The molecule has 10 heteroatoms. The van der Waals surface area contributed by atoms with Gasteiger partial charge < -0.3 is 20.1 Å². The Bertz CT molecular complexity index is 1400. The Morgan fingerprint density at radius 2 is 2.00 bits per heavy atom. The van der Waals surface area contributed by atoms with Crippen molar-refractivity contribution in [1.82, 2.24) is 19.9 Å². The average molecular weight is 464 g/mol. The molecule has 0 bridgehead atoms. The highest BCUT2D eigenvalue weighted by Gasteiger charge is 2.21. The van der Waals surface area contributed by atoms with E-state index in [0.29, 0.717) is 39.3 Å². The summed E-state index contributed by atoms with van der Waals surface area (Å²) in [7, 11) is 5.14. The van der Waals surface area contributed by atoms with Gasteiger partial charge in [0, 0.05) is 44.1 Å². The van der Waals surface area contributed by atoms with Gasteiger partial charge in [0.2, 0.25) is 0 Å². The molecule has 0 saturated heterocycles. The van der Waals surface area contributed by atoms with Crippen molar-refractivity contribution >= 4 is 51.3 Å². The zero-order valence-electron chi connectivity index (χ0n) is 18.0. The number of hydrogen-bond donors (Lipinski definition) is 2. The minimum Gasteiger partial charge on any atom is -0.354 e. The Kier molecular flexibility index (Phi) is 5.85. The fourth-order valence-corrected chi connectivity index (χ4v) is 3.57. The number of halogens is 2. The monoisotopic (exact) mass is 463 g/mol. The van der Waals surface area contributed by atoms with Crippen LogP contribution in [-0.2, 0) is 0 Å². The number of amides is 1. The van der Waals surface area contributed by atoms with Crippen LogP contribution in [0.5, 0.6) is 0 Å². The second-order valence-corrected chi connectivity index (χ2v) is 7.90. The number of hydrogen-bond acceptors (Lipinski definition) is 6. The van der Waals surface area contributed by atoms with Crippen LogP contribution in [0.4, 0.5) is 27.3 Å². The maximum absolute atomic E-state index is 13.7. The Balaban J connectivity index is 1.98. The molecule has 0 atom stereocenters.